The molecule has 1 aliphatic heterocycles. The lowest BCUT2D eigenvalue weighted by atomic mass is 9.90. The Morgan fingerprint density at radius 3 is 2.40 bits per heavy atom. The number of aromatic nitrogens is 1. The third-order valence-electron chi connectivity index (χ3n) is 8.54. The lowest BCUT2D eigenvalue weighted by molar-refractivity contribution is 0.0445. The molecule has 1 aromatic heterocycles. The Kier molecular flexibility index (Phi) is 9.76. The first-order valence-electron chi connectivity index (χ1n) is 15.5. The van der Waals surface area contributed by atoms with Crippen molar-refractivity contribution < 1.29 is 41.0 Å². The molecule has 3 aromatic rings. The zero-order valence-corrected chi connectivity index (χ0v) is 28.3. The second-order valence-electron chi connectivity index (χ2n) is 13.4. The number of benzene rings is 2. The molecule has 1 aliphatic carbocycles. The summed E-state index contributed by atoms with van der Waals surface area (Å²) >= 11 is 0. The maximum absolute atomic E-state index is 15.6. The maximum Gasteiger partial charge on any atom is 0.413 e. The minimum atomic E-state index is -4.12. The van der Waals surface area contributed by atoms with Crippen molar-refractivity contribution in [3.05, 3.63) is 94.8 Å². The van der Waals surface area contributed by atoms with E-state index in [0.29, 0.717) is 17.7 Å². The summed E-state index contributed by atoms with van der Waals surface area (Å²) in [5.74, 6) is -1.76. The minimum Gasteiger partial charge on any atom is -0.497 e. The second kappa shape index (κ2) is 13.3. The smallest absolute Gasteiger partial charge is 0.413 e. The number of nitrogens with one attached hydrogen (secondary N) is 1. The maximum atomic E-state index is 15.6. The number of hydrogen-bond acceptors (Lipinski definition) is 9. The van der Waals surface area contributed by atoms with Gasteiger partial charge in [-0.3, -0.25) is 20.1 Å². The van der Waals surface area contributed by atoms with Crippen LogP contribution in [0.3, 0.4) is 0 Å². The van der Waals surface area contributed by atoms with Crippen molar-refractivity contribution in [1.82, 2.24) is 10.3 Å². The molecule has 256 valence electrons. The molecule has 1 amide bonds. The highest BCUT2D eigenvalue weighted by molar-refractivity contribution is 7.93. The normalized spacial score (nSPS) is 23.4. The average Bonchev–Trinajstić information content (AvgIpc) is 3.45. The molecule has 0 radical (unpaired) electrons. The first-order valence-corrected chi connectivity index (χ1v) is 17.2. The van der Waals surface area contributed by atoms with Crippen LogP contribution in [0.15, 0.2) is 65.8 Å². The predicted molar refractivity (Wildman–Crippen MR) is 175 cm³/mol. The molecule has 3 atom stereocenters. The highest BCUT2D eigenvalue weighted by Crippen LogP contribution is 2.47. The Bertz CT molecular complexity index is 1830. The Morgan fingerprint density at radius 2 is 1.75 bits per heavy atom. The molecule has 2 aromatic carbocycles. The molecule has 2 unspecified atom stereocenters. The van der Waals surface area contributed by atoms with Crippen LogP contribution in [0.25, 0.3) is 0 Å². The molecule has 1 saturated carbocycles. The van der Waals surface area contributed by atoms with Crippen molar-refractivity contribution in [3.63, 3.8) is 0 Å². The van der Waals surface area contributed by atoms with E-state index in [-0.39, 0.29) is 43.0 Å². The quantitative estimate of drug-likeness (QED) is 0.292. The summed E-state index contributed by atoms with van der Waals surface area (Å²) in [7, 11) is -2.55. The first kappa shape index (κ1) is 35.1. The molecule has 1 fully saturated rings. The molecule has 13 heteroatoms. The number of Topliss-reactive ketones (excluding diaryl/α,β-unsaturated/α-hetero) is 1. The monoisotopic (exact) mass is 683 g/mol. The first-order chi connectivity index (χ1) is 22.5. The fourth-order valence-electron chi connectivity index (χ4n) is 6.17. The number of amidine groups is 1. The molecular weight excluding hydrogens is 644 g/mol. The Hall–Kier alpha value is -4.23. The summed E-state index contributed by atoms with van der Waals surface area (Å²) in [6, 6.07) is 13.7. The van der Waals surface area contributed by atoms with Gasteiger partial charge in [0.05, 0.1) is 31.8 Å². The van der Waals surface area contributed by atoms with Gasteiger partial charge in [0, 0.05) is 18.4 Å². The molecule has 0 bridgehead atoms. The fourth-order valence-corrected chi connectivity index (χ4v) is 8.67. The van der Waals surface area contributed by atoms with Crippen LogP contribution in [-0.2, 0) is 37.9 Å². The zero-order valence-electron chi connectivity index (χ0n) is 27.5. The third kappa shape index (κ3) is 7.57. The number of alkyl carbamates (subject to hydrolysis) is 1. The van der Waals surface area contributed by atoms with Crippen molar-refractivity contribution in [3.8, 4) is 5.75 Å². The van der Waals surface area contributed by atoms with E-state index in [1.165, 1.54) is 25.1 Å². The molecule has 2 heterocycles. The van der Waals surface area contributed by atoms with E-state index in [4.69, 9.17) is 19.2 Å². The number of methoxy groups -OCH3 is 1. The Balaban J connectivity index is 1.47. The van der Waals surface area contributed by atoms with Gasteiger partial charge in [-0.05, 0) is 88.1 Å². The number of pyridine rings is 1. The van der Waals surface area contributed by atoms with E-state index >= 15 is 4.39 Å². The van der Waals surface area contributed by atoms with Crippen molar-refractivity contribution >= 4 is 27.5 Å². The van der Waals surface area contributed by atoms with Gasteiger partial charge in [0.15, 0.2) is 15.6 Å². The predicted octanol–water partition coefficient (Wildman–Crippen LogP) is 5.87. The van der Waals surface area contributed by atoms with Gasteiger partial charge in [-0.2, -0.15) is 0 Å². The van der Waals surface area contributed by atoms with Gasteiger partial charge < -0.3 is 14.2 Å². The molecule has 1 N–H and O–H groups in total. The van der Waals surface area contributed by atoms with Crippen LogP contribution in [0.4, 0.5) is 13.6 Å². The van der Waals surface area contributed by atoms with Crippen LogP contribution in [0.5, 0.6) is 5.75 Å². The van der Waals surface area contributed by atoms with E-state index in [0.717, 1.165) is 23.9 Å². The molecular formula is C35H39F2N3O7S. The van der Waals surface area contributed by atoms with Crippen LogP contribution in [0.2, 0.25) is 0 Å². The van der Waals surface area contributed by atoms with Gasteiger partial charge in [0.25, 0.3) is 0 Å². The number of amides is 1. The van der Waals surface area contributed by atoms with Gasteiger partial charge in [0.2, 0.25) is 0 Å². The van der Waals surface area contributed by atoms with Gasteiger partial charge in [-0.15, -0.1) is 0 Å². The summed E-state index contributed by atoms with van der Waals surface area (Å²) in [6.45, 7) is 6.74. The Morgan fingerprint density at radius 1 is 1.04 bits per heavy atom. The van der Waals surface area contributed by atoms with Crippen molar-refractivity contribution in [2.75, 3.05) is 12.9 Å². The summed E-state index contributed by atoms with van der Waals surface area (Å²) in [5, 5.41) is 2.61. The molecule has 5 rings (SSSR count). The molecule has 1 spiro atoms. The number of aliphatic imine (C=N–C) groups is 1. The van der Waals surface area contributed by atoms with Gasteiger partial charge >= 0.3 is 6.09 Å². The van der Waals surface area contributed by atoms with E-state index < -0.39 is 61.1 Å². The molecule has 0 saturated heterocycles. The largest absolute Gasteiger partial charge is 0.497 e. The number of ether oxygens (including phenoxy) is 3. The van der Waals surface area contributed by atoms with Gasteiger partial charge in [-0.25, -0.2) is 22.0 Å². The highest BCUT2D eigenvalue weighted by atomic mass is 32.2. The number of rotatable bonds is 8. The number of sulfone groups is 1. The van der Waals surface area contributed by atoms with Crippen molar-refractivity contribution in [1.29, 1.82) is 0 Å². The number of ketones is 1. The summed E-state index contributed by atoms with van der Waals surface area (Å²) in [4.78, 5) is 34.5. The van der Waals surface area contributed by atoms with Crippen LogP contribution >= 0.6 is 0 Å². The minimum absolute atomic E-state index is 0.0257. The standard InChI is InChI=1S/C35H39F2N3O7S/c1-33(2,3)47-32(42)39-31-35(15-14-26(18-35)46-20-22-6-10-25(45-5)11-7-22)48(43,44)21-34(4,40-31)27-16-23(8-12-28(27)37)17-30(41)29-13-9-24(36)19-38-29/h6-13,16,19,26H,14-15,17-18,20-21H2,1-5H3,(H,39,40,42)/t26?,34-,35?/m0/s1. The summed E-state index contributed by atoms with van der Waals surface area (Å²) < 4.78 is 72.9. The van der Waals surface area contributed by atoms with Gasteiger partial charge in [-0.1, -0.05) is 18.2 Å². The van der Waals surface area contributed by atoms with E-state index in [9.17, 15) is 22.4 Å². The van der Waals surface area contributed by atoms with Crippen LogP contribution in [0, 0.1) is 11.6 Å². The van der Waals surface area contributed by atoms with E-state index in [1.54, 1.807) is 40.0 Å². The lowest BCUT2D eigenvalue weighted by Gasteiger charge is -2.41. The number of carbonyl (C=O) groups excluding carboxylic acids is 2. The second-order valence-corrected chi connectivity index (χ2v) is 15.7. The Labute approximate surface area is 278 Å². The van der Waals surface area contributed by atoms with Crippen LogP contribution in [-0.4, -0.2) is 60.4 Å². The third-order valence-corrected chi connectivity index (χ3v) is 11.2. The lowest BCUT2D eigenvalue weighted by Crippen LogP contribution is -2.60. The average molecular weight is 684 g/mol. The number of hydrogen-bond donors (Lipinski definition) is 1. The van der Waals surface area contributed by atoms with Crippen molar-refractivity contribution in [2.45, 2.75) is 82.0 Å². The molecule has 2 aliphatic rings. The SMILES string of the molecule is COc1ccc(COC2CCC3(C2)C(NC(=O)OC(C)(C)C)=N[C@](C)(c2cc(CC(=O)c4ccc(F)cn4)ccc2F)CS3(=O)=O)cc1. The fraction of sp³-hybridized carbons (Fsp3) is 0.429. The number of carbonyl (C=O) groups is 2. The topological polar surface area (TPSA) is 133 Å². The summed E-state index contributed by atoms with van der Waals surface area (Å²) in [6.07, 6.45) is -0.105. The van der Waals surface area contributed by atoms with Crippen LogP contribution < -0.4 is 10.1 Å². The van der Waals surface area contributed by atoms with Crippen LogP contribution in [0.1, 0.15) is 74.1 Å². The van der Waals surface area contributed by atoms with E-state index in [2.05, 4.69) is 10.3 Å². The number of halogens is 2. The molecule has 48 heavy (non-hydrogen) atoms. The molecule has 10 nitrogen and oxygen atoms in total. The van der Waals surface area contributed by atoms with E-state index in [1.807, 2.05) is 12.1 Å². The summed E-state index contributed by atoms with van der Waals surface area (Å²) in [5.41, 5.74) is -1.34. The van der Waals surface area contributed by atoms with Crippen molar-refractivity contribution in [2.24, 2.45) is 4.99 Å². The highest BCUT2D eigenvalue weighted by Gasteiger charge is 2.59. The zero-order chi connectivity index (χ0) is 34.9. The number of nitrogens with zero attached hydrogens (tertiary/aromatic N) is 2. The van der Waals surface area contributed by atoms with Gasteiger partial charge in [0.1, 0.15) is 44.8 Å².